The van der Waals surface area contributed by atoms with Crippen LogP contribution in [0.3, 0.4) is 0 Å². The van der Waals surface area contributed by atoms with Crippen LogP contribution in [0.4, 0.5) is 0 Å². The molecular weight excluding hydrogens is 292 g/mol. The van der Waals surface area contributed by atoms with Crippen LogP contribution in [0.25, 0.3) is 10.9 Å². The van der Waals surface area contributed by atoms with Gasteiger partial charge in [0.15, 0.2) is 0 Å². The average Bonchev–Trinajstić information content (AvgIpc) is 2.75. The van der Waals surface area contributed by atoms with Gasteiger partial charge in [0.1, 0.15) is 12.2 Å². The van der Waals surface area contributed by atoms with E-state index in [4.69, 9.17) is 4.74 Å². The van der Waals surface area contributed by atoms with Gasteiger partial charge in [-0.15, -0.1) is 0 Å². The first-order valence-electron chi connectivity index (χ1n) is 7.89. The molecule has 1 aromatic carbocycles. The molecule has 1 amide bonds. The van der Waals surface area contributed by atoms with Crippen molar-refractivity contribution in [2.75, 3.05) is 20.7 Å². The molecule has 23 heavy (non-hydrogen) atoms. The highest BCUT2D eigenvalue weighted by molar-refractivity contribution is 6.03. The zero-order chi connectivity index (χ0) is 16.7. The third kappa shape index (κ3) is 2.40. The minimum atomic E-state index is -0.342. The fourth-order valence-electron chi connectivity index (χ4n) is 3.42. The van der Waals surface area contributed by atoms with E-state index in [9.17, 15) is 9.59 Å². The molecule has 122 valence electrons. The van der Waals surface area contributed by atoms with E-state index in [2.05, 4.69) is 12.1 Å². The third-order valence-corrected chi connectivity index (χ3v) is 4.84. The molecule has 0 fully saturated rings. The van der Waals surface area contributed by atoms with Crippen LogP contribution in [-0.4, -0.2) is 42.0 Å². The second kappa shape index (κ2) is 5.72. The molecule has 0 aliphatic carbocycles. The standard InChI is InChI=1S/C18H22N2O3/c1-11-7-8-14-13-6-5-9-19(3)18(22)17(13)20(10-15(21)23-4)16(14)12(11)2/h7-8H,5-6,9-10H2,1-4H3. The van der Waals surface area contributed by atoms with Crippen molar-refractivity contribution in [3.8, 4) is 0 Å². The number of rotatable bonds is 2. The minimum absolute atomic E-state index is 0.0188. The van der Waals surface area contributed by atoms with E-state index in [1.54, 1.807) is 4.90 Å². The van der Waals surface area contributed by atoms with Gasteiger partial charge < -0.3 is 14.2 Å². The van der Waals surface area contributed by atoms with E-state index in [0.29, 0.717) is 5.69 Å². The molecule has 0 spiro atoms. The maximum Gasteiger partial charge on any atom is 0.325 e. The van der Waals surface area contributed by atoms with E-state index >= 15 is 0 Å². The number of carbonyl (C=O) groups is 2. The quantitative estimate of drug-likeness (QED) is 0.800. The van der Waals surface area contributed by atoms with Gasteiger partial charge in [0.05, 0.1) is 12.6 Å². The Hall–Kier alpha value is -2.30. The lowest BCUT2D eigenvalue weighted by Crippen LogP contribution is -2.29. The lowest BCUT2D eigenvalue weighted by molar-refractivity contribution is -0.141. The van der Waals surface area contributed by atoms with Gasteiger partial charge in [0, 0.05) is 19.0 Å². The van der Waals surface area contributed by atoms with Gasteiger partial charge in [0.2, 0.25) is 0 Å². The van der Waals surface area contributed by atoms with Crippen molar-refractivity contribution in [3.63, 3.8) is 0 Å². The van der Waals surface area contributed by atoms with Crippen LogP contribution in [0.15, 0.2) is 12.1 Å². The topological polar surface area (TPSA) is 51.5 Å². The van der Waals surface area contributed by atoms with Gasteiger partial charge in [0.25, 0.3) is 5.91 Å². The summed E-state index contributed by atoms with van der Waals surface area (Å²) in [6, 6.07) is 4.16. The number of aryl methyl sites for hydroxylation is 3. The van der Waals surface area contributed by atoms with Crippen LogP contribution in [0.1, 0.15) is 33.6 Å². The summed E-state index contributed by atoms with van der Waals surface area (Å²) in [7, 11) is 3.19. The Morgan fingerprint density at radius 1 is 1.30 bits per heavy atom. The summed E-state index contributed by atoms with van der Waals surface area (Å²) in [5, 5.41) is 1.08. The van der Waals surface area contributed by atoms with Crippen molar-refractivity contribution >= 4 is 22.8 Å². The number of methoxy groups -OCH3 is 1. The first kappa shape index (κ1) is 15.6. The van der Waals surface area contributed by atoms with Gasteiger partial charge >= 0.3 is 5.97 Å². The monoisotopic (exact) mass is 314 g/mol. The Morgan fingerprint density at radius 3 is 2.74 bits per heavy atom. The molecule has 2 aromatic rings. The molecule has 0 N–H and O–H groups in total. The van der Waals surface area contributed by atoms with Crippen molar-refractivity contribution in [1.82, 2.24) is 9.47 Å². The molecule has 0 saturated carbocycles. The fraction of sp³-hybridized carbons (Fsp3) is 0.444. The summed E-state index contributed by atoms with van der Waals surface area (Å²) in [6.07, 6.45) is 1.78. The predicted molar refractivity (Wildman–Crippen MR) is 88.7 cm³/mol. The molecular formula is C18H22N2O3. The summed E-state index contributed by atoms with van der Waals surface area (Å²) in [5.74, 6) is -0.361. The summed E-state index contributed by atoms with van der Waals surface area (Å²) in [4.78, 5) is 26.5. The largest absolute Gasteiger partial charge is 0.468 e. The maximum atomic E-state index is 12.8. The van der Waals surface area contributed by atoms with Gasteiger partial charge in [-0.3, -0.25) is 9.59 Å². The molecule has 0 unspecified atom stereocenters. The zero-order valence-electron chi connectivity index (χ0n) is 14.1. The van der Waals surface area contributed by atoms with Gasteiger partial charge in [-0.25, -0.2) is 0 Å². The second-order valence-electron chi connectivity index (χ2n) is 6.22. The Labute approximate surface area is 135 Å². The molecule has 0 atom stereocenters. The molecule has 5 heteroatoms. The number of benzene rings is 1. The number of nitrogens with zero attached hydrogens (tertiary/aromatic N) is 2. The highest BCUT2D eigenvalue weighted by Crippen LogP contribution is 2.33. The molecule has 0 saturated heterocycles. The van der Waals surface area contributed by atoms with E-state index in [1.807, 2.05) is 25.5 Å². The first-order valence-corrected chi connectivity index (χ1v) is 7.89. The van der Waals surface area contributed by atoms with Crippen LogP contribution >= 0.6 is 0 Å². The predicted octanol–water partition coefficient (Wildman–Crippen LogP) is 2.45. The molecule has 5 nitrogen and oxygen atoms in total. The van der Waals surface area contributed by atoms with E-state index < -0.39 is 0 Å². The number of esters is 1. The SMILES string of the molecule is COC(=O)Cn1c2c(c3ccc(C)c(C)c31)CCCN(C)C2=O. The fourth-order valence-corrected chi connectivity index (χ4v) is 3.42. The van der Waals surface area contributed by atoms with Gasteiger partial charge in [-0.1, -0.05) is 12.1 Å². The number of fused-ring (bicyclic) bond motifs is 3. The second-order valence-corrected chi connectivity index (χ2v) is 6.22. The van der Waals surface area contributed by atoms with E-state index in [-0.39, 0.29) is 18.4 Å². The molecule has 1 aliphatic rings. The Kier molecular flexibility index (Phi) is 3.88. The smallest absolute Gasteiger partial charge is 0.325 e. The number of hydrogen-bond acceptors (Lipinski definition) is 3. The number of aromatic nitrogens is 1. The molecule has 3 rings (SSSR count). The first-order chi connectivity index (χ1) is 11.0. The van der Waals surface area contributed by atoms with E-state index in [1.165, 1.54) is 7.11 Å². The van der Waals surface area contributed by atoms with Crippen LogP contribution < -0.4 is 0 Å². The number of hydrogen-bond donors (Lipinski definition) is 0. The summed E-state index contributed by atoms with van der Waals surface area (Å²) >= 11 is 0. The van der Waals surface area contributed by atoms with E-state index in [0.717, 1.165) is 47.0 Å². The normalized spacial score (nSPS) is 14.8. The molecule has 1 aliphatic heterocycles. The average molecular weight is 314 g/mol. The zero-order valence-corrected chi connectivity index (χ0v) is 14.1. The van der Waals surface area contributed by atoms with Crippen LogP contribution in [-0.2, 0) is 22.5 Å². The lowest BCUT2D eigenvalue weighted by atomic mass is 10.0. The summed E-state index contributed by atoms with van der Waals surface area (Å²) < 4.78 is 6.69. The van der Waals surface area contributed by atoms with Gasteiger partial charge in [-0.2, -0.15) is 0 Å². The molecule has 0 radical (unpaired) electrons. The molecule has 1 aromatic heterocycles. The number of ether oxygens (including phenoxy) is 1. The highest BCUT2D eigenvalue weighted by Gasteiger charge is 2.29. The Balaban J connectivity index is 2.36. The van der Waals surface area contributed by atoms with Crippen molar-refractivity contribution in [3.05, 3.63) is 34.5 Å². The van der Waals surface area contributed by atoms with Crippen LogP contribution in [0, 0.1) is 13.8 Å². The Bertz CT molecular complexity index is 804. The van der Waals surface area contributed by atoms with Crippen molar-refractivity contribution < 1.29 is 14.3 Å². The molecule has 2 heterocycles. The lowest BCUT2D eigenvalue weighted by Gasteiger charge is -2.17. The Morgan fingerprint density at radius 2 is 2.04 bits per heavy atom. The summed E-state index contributed by atoms with van der Waals surface area (Å²) in [6.45, 7) is 4.88. The van der Waals surface area contributed by atoms with Crippen molar-refractivity contribution in [2.24, 2.45) is 0 Å². The van der Waals surface area contributed by atoms with Gasteiger partial charge in [-0.05, 0) is 43.4 Å². The maximum absolute atomic E-state index is 12.8. The van der Waals surface area contributed by atoms with Crippen molar-refractivity contribution in [2.45, 2.75) is 33.2 Å². The van der Waals surface area contributed by atoms with Crippen LogP contribution in [0.5, 0.6) is 0 Å². The summed E-state index contributed by atoms with van der Waals surface area (Å²) in [5.41, 5.74) is 4.93. The molecule has 0 bridgehead atoms. The highest BCUT2D eigenvalue weighted by atomic mass is 16.5. The number of carbonyl (C=O) groups excluding carboxylic acids is 2. The van der Waals surface area contributed by atoms with Crippen molar-refractivity contribution in [1.29, 1.82) is 0 Å². The number of amides is 1. The minimum Gasteiger partial charge on any atom is -0.468 e. The van der Waals surface area contributed by atoms with Crippen LogP contribution in [0.2, 0.25) is 0 Å². The third-order valence-electron chi connectivity index (χ3n) is 4.84.